The number of benzene rings is 1. The average molecular weight is 368 g/mol. The molecule has 0 aromatic heterocycles. The monoisotopic (exact) mass is 367 g/mol. The molecule has 1 amide bonds. The van der Waals surface area contributed by atoms with Crippen LogP contribution in [0.2, 0.25) is 0 Å². The summed E-state index contributed by atoms with van der Waals surface area (Å²) < 4.78 is 4.97. The first-order chi connectivity index (χ1) is 11.6. The summed E-state index contributed by atoms with van der Waals surface area (Å²) >= 11 is 3.84. The zero-order valence-electron chi connectivity index (χ0n) is 15.0. The fraction of sp³-hybridized carbons (Fsp3) is 0.632. The van der Waals surface area contributed by atoms with Gasteiger partial charge in [-0.3, -0.25) is 4.79 Å². The van der Waals surface area contributed by atoms with E-state index in [2.05, 4.69) is 37.4 Å². The number of thioether (sulfide) groups is 2. The van der Waals surface area contributed by atoms with Gasteiger partial charge in [-0.1, -0.05) is 30.5 Å². The Balaban J connectivity index is 1.88. The molecule has 1 aliphatic carbocycles. The van der Waals surface area contributed by atoms with Crippen LogP contribution in [0.15, 0.2) is 23.1 Å². The van der Waals surface area contributed by atoms with Crippen molar-refractivity contribution in [1.29, 1.82) is 0 Å². The maximum atomic E-state index is 11.9. The topological polar surface area (TPSA) is 38.3 Å². The summed E-state index contributed by atoms with van der Waals surface area (Å²) in [7, 11) is 1.65. The lowest BCUT2D eigenvalue weighted by Crippen LogP contribution is -2.31. The Morgan fingerprint density at radius 2 is 2.00 bits per heavy atom. The Hall–Kier alpha value is -0.650. The van der Waals surface area contributed by atoms with Gasteiger partial charge in [0.25, 0.3) is 0 Å². The largest absolute Gasteiger partial charge is 0.383 e. The third-order valence-corrected chi connectivity index (χ3v) is 7.48. The summed E-state index contributed by atoms with van der Waals surface area (Å²) in [6, 6.07) is 6.69. The molecule has 2 atom stereocenters. The van der Waals surface area contributed by atoms with Crippen molar-refractivity contribution in [2.75, 3.05) is 26.0 Å². The predicted octanol–water partition coefficient (Wildman–Crippen LogP) is 4.20. The van der Waals surface area contributed by atoms with E-state index >= 15 is 0 Å². The number of hydrogen-bond acceptors (Lipinski definition) is 4. The molecule has 0 spiro atoms. The molecule has 0 heterocycles. The number of carbonyl (C=O) groups excluding carboxylic acids is 1. The molecule has 24 heavy (non-hydrogen) atoms. The Morgan fingerprint density at radius 1 is 1.25 bits per heavy atom. The molecule has 5 heteroatoms. The van der Waals surface area contributed by atoms with Crippen molar-refractivity contribution in [2.45, 2.75) is 54.9 Å². The average Bonchev–Trinajstić information content (AvgIpc) is 2.57. The second-order valence-electron chi connectivity index (χ2n) is 6.40. The summed E-state index contributed by atoms with van der Waals surface area (Å²) in [6.45, 7) is 5.52. The van der Waals surface area contributed by atoms with E-state index < -0.39 is 0 Å². The minimum absolute atomic E-state index is 0.123. The zero-order chi connectivity index (χ0) is 17.4. The second kappa shape index (κ2) is 10.4. The van der Waals surface area contributed by atoms with Crippen LogP contribution >= 0.6 is 23.5 Å². The van der Waals surface area contributed by atoms with Gasteiger partial charge in [-0.05, 0) is 38.3 Å². The van der Waals surface area contributed by atoms with E-state index in [-0.39, 0.29) is 5.91 Å². The first-order valence-corrected chi connectivity index (χ1v) is 10.6. The molecule has 3 nitrogen and oxygen atoms in total. The molecule has 1 aromatic carbocycles. The van der Waals surface area contributed by atoms with E-state index in [4.69, 9.17) is 4.74 Å². The fourth-order valence-electron chi connectivity index (χ4n) is 2.91. The highest BCUT2D eigenvalue weighted by molar-refractivity contribution is 8.04. The second-order valence-corrected chi connectivity index (χ2v) is 8.91. The van der Waals surface area contributed by atoms with Crippen LogP contribution in [0.3, 0.4) is 0 Å². The minimum Gasteiger partial charge on any atom is -0.383 e. The molecule has 134 valence electrons. The summed E-state index contributed by atoms with van der Waals surface area (Å²) in [5, 5.41) is 4.09. The number of ether oxygens (including phenoxy) is 1. The molecule has 1 saturated carbocycles. The lowest BCUT2D eigenvalue weighted by Gasteiger charge is -2.31. The van der Waals surface area contributed by atoms with E-state index in [1.807, 2.05) is 23.5 Å². The molecule has 2 unspecified atom stereocenters. The van der Waals surface area contributed by atoms with Crippen LogP contribution in [-0.2, 0) is 9.53 Å². The van der Waals surface area contributed by atoms with Crippen LogP contribution in [0, 0.1) is 13.8 Å². The number of aryl methyl sites for hydroxylation is 2. The highest BCUT2D eigenvalue weighted by atomic mass is 32.2. The molecule has 0 bridgehead atoms. The van der Waals surface area contributed by atoms with Crippen LogP contribution in [0.5, 0.6) is 0 Å². The van der Waals surface area contributed by atoms with Gasteiger partial charge >= 0.3 is 0 Å². The molecule has 0 aliphatic heterocycles. The normalized spacial score (nSPS) is 20.8. The van der Waals surface area contributed by atoms with Gasteiger partial charge in [-0.25, -0.2) is 0 Å². The van der Waals surface area contributed by atoms with Gasteiger partial charge in [0.05, 0.1) is 12.4 Å². The van der Waals surface area contributed by atoms with E-state index in [9.17, 15) is 4.79 Å². The molecule has 1 fully saturated rings. The van der Waals surface area contributed by atoms with Gasteiger partial charge < -0.3 is 10.1 Å². The number of hydrogen-bond donors (Lipinski definition) is 1. The van der Waals surface area contributed by atoms with Gasteiger partial charge in [0.15, 0.2) is 0 Å². The van der Waals surface area contributed by atoms with Crippen molar-refractivity contribution in [3.8, 4) is 0 Å². The zero-order valence-corrected chi connectivity index (χ0v) is 16.6. The molecule has 1 aromatic rings. The number of methoxy groups -OCH3 is 1. The van der Waals surface area contributed by atoms with E-state index in [0.29, 0.717) is 29.4 Å². The van der Waals surface area contributed by atoms with Gasteiger partial charge in [0, 0.05) is 29.0 Å². The summed E-state index contributed by atoms with van der Waals surface area (Å²) in [5.74, 6) is 0.677. The molecular weight excluding hydrogens is 338 g/mol. The lowest BCUT2D eigenvalue weighted by atomic mass is 10.00. The van der Waals surface area contributed by atoms with Crippen LogP contribution in [0.1, 0.15) is 36.8 Å². The number of nitrogens with one attached hydrogen (secondary N) is 1. The van der Waals surface area contributed by atoms with Crippen molar-refractivity contribution in [2.24, 2.45) is 0 Å². The number of amides is 1. The van der Waals surface area contributed by atoms with E-state index in [0.717, 1.165) is 0 Å². The quantitative estimate of drug-likeness (QED) is 0.699. The van der Waals surface area contributed by atoms with Crippen molar-refractivity contribution >= 4 is 29.4 Å². The number of carbonyl (C=O) groups is 1. The Bertz CT molecular complexity index is 536. The third kappa shape index (κ3) is 6.34. The van der Waals surface area contributed by atoms with E-state index in [1.54, 1.807) is 7.11 Å². The maximum absolute atomic E-state index is 11.9. The van der Waals surface area contributed by atoms with Crippen LogP contribution < -0.4 is 5.32 Å². The van der Waals surface area contributed by atoms with Gasteiger partial charge in [-0.15, -0.1) is 23.5 Å². The first kappa shape index (κ1) is 19.7. The van der Waals surface area contributed by atoms with Crippen LogP contribution in [0.4, 0.5) is 0 Å². The summed E-state index contributed by atoms with van der Waals surface area (Å²) in [6.07, 6.45) is 5.06. The predicted molar refractivity (Wildman–Crippen MR) is 105 cm³/mol. The summed E-state index contributed by atoms with van der Waals surface area (Å²) in [4.78, 5) is 13.3. The van der Waals surface area contributed by atoms with E-state index in [1.165, 1.54) is 41.7 Å². The fourth-order valence-corrected chi connectivity index (χ4v) is 5.87. The smallest absolute Gasteiger partial charge is 0.230 e. The Labute approximate surface area is 154 Å². The maximum Gasteiger partial charge on any atom is 0.230 e. The highest BCUT2D eigenvalue weighted by Crippen LogP contribution is 2.40. The highest BCUT2D eigenvalue weighted by Gasteiger charge is 2.27. The van der Waals surface area contributed by atoms with Crippen molar-refractivity contribution in [3.05, 3.63) is 29.3 Å². The van der Waals surface area contributed by atoms with Gasteiger partial charge in [0.1, 0.15) is 0 Å². The Kier molecular flexibility index (Phi) is 8.50. The third-order valence-electron chi connectivity index (χ3n) is 4.32. The molecule has 2 rings (SSSR count). The summed E-state index contributed by atoms with van der Waals surface area (Å²) in [5.41, 5.74) is 2.68. The first-order valence-electron chi connectivity index (χ1n) is 8.71. The SMILES string of the molecule is COCCNC(=O)CSC1CCCCC1Sc1cc(C)ccc1C. The molecular formula is C19H29NO2S2. The Morgan fingerprint density at radius 3 is 2.75 bits per heavy atom. The van der Waals surface area contributed by atoms with Crippen LogP contribution in [0.25, 0.3) is 0 Å². The molecule has 0 radical (unpaired) electrons. The minimum atomic E-state index is 0.123. The van der Waals surface area contributed by atoms with Gasteiger partial charge in [0.2, 0.25) is 5.91 Å². The standard InChI is InChI=1S/C19H29NO2S2/c1-14-8-9-15(2)18(12-14)24-17-7-5-4-6-16(17)23-13-19(21)20-10-11-22-3/h8-9,12,16-17H,4-7,10-11,13H2,1-3H3,(H,20,21). The lowest BCUT2D eigenvalue weighted by molar-refractivity contribution is -0.118. The van der Waals surface area contributed by atoms with Crippen molar-refractivity contribution in [3.63, 3.8) is 0 Å². The van der Waals surface area contributed by atoms with Gasteiger partial charge in [-0.2, -0.15) is 0 Å². The molecule has 1 N–H and O–H groups in total. The molecule has 0 saturated heterocycles. The number of rotatable bonds is 8. The molecule has 1 aliphatic rings. The van der Waals surface area contributed by atoms with Crippen molar-refractivity contribution in [1.82, 2.24) is 5.32 Å². The van der Waals surface area contributed by atoms with Crippen LogP contribution in [-0.4, -0.2) is 42.4 Å². The van der Waals surface area contributed by atoms with Crippen molar-refractivity contribution < 1.29 is 9.53 Å².